The normalized spacial score (nSPS) is 11.0. The SMILES string of the molecule is OB(O)c1ccc2c(c1)Cc1ccccc1-2.c1ccc(N(c2ccccc2)c2ccccc2)cc1. The summed E-state index contributed by atoms with van der Waals surface area (Å²) in [5.74, 6) is 0. The van der Waals surface area contributed by atoms with Crippen LogP contribution in [0.25, 0.3) is 11.1 Å². The molecule has 0 heterocycles. The van der Waals surface area contributed by atoms with Gasteiger partial charge in [-0.25, -0.2) is 0 Å². The van der Waals surface area contributed by atoms with Gasteiger partial charge in [-0.15, -0.1) is 0 Å². The summed E-state index contributed by atoms with van der Waals surface area (Å²) in [6, 6.07) is 45.2. The van der Waals surface area contributed by atoms with Gasteiger partial charge in [-0.2, -0.15) is 0 Å². The highest BCUT2D eigenvalue weighted by Crippen LogP contribution is 2.35. The lowest BCUT2D eigenvalue weighted by Crippen LogP contribution is -2.29. The first-order valence-corrected chi connectivity index (χ1v) is 11.7. The Morgan fingerprint density at radius 1 is 0.486 bits per heavy atom. The summed E-state index contributed by atoms with van der Waals surface area (Å²) in [6.45, 7) is 0. The largest absolute Gasteiger partial charge is 0.488 e. The van der Waals surface area contributed by atoms with Crippen molar-refractivity contribution in [2.24, 2.45) is 0 Å². The van der Waals surface area contributed by atoms with E-state index in [1.807, 2.05) is 42.5 Å². The fraction of sp³-hybridized carbons (Fsp3) is 0.0323. The summed E-state index contributed by atoms with van der Waals surface area (Å²) in [7, 11) is -1.38. The molecule has 0 saturated heterocycles. The number of hydrogen-bond acceptors (Lipinski definition) is 3. The van der Waals surface area contributed by atoms with Crippen molar-refractivity contribution >= 4 is 29.6 Å². The lowest BCUT2D eigenvalue weighted by molar-refractivity contribution is 0.425. The Hall–Kier alpha value is -4.12. The monoisotopic (exact) mass is 455 g/mol. The van der Waals surface area contributed by atoms with Crippen molar-refractivity contribution in [3.05, 3.63) is 145 Å². The van der Waals surface area contributed by atoms with Gasteiger partial charge in [-0.3, -0.25) is 0 Å². The molecule has 0 atom stereocenters. The summed E-state index contributed by atoms with van der Waals surface area (Å²) in [6.07, 6.45) is 0.881. The molecule has 0 aromatic heterocycles. The standard InChI is InChI=1S/C18H15N.C13H11BO2/c1-4-10-16(11-5-1)19(17-12-6-2-7-13-17)18-14-8-3-9-15-18;15-14(16)11-5-6-13-10(8-11)7-9-3-1-2-4-12(9)13/h1-15H;1-6,8,15-16H,7H2. The van der Waals surface area contributed by atoms with Gasteiger partial charge in [0.15, 0.2) is 0 Å². The van der Waals surface area contributed by atoms with Crippen LogP contribution in [0.4, 0.5) is 17.1 Å². The molecule has 5 aromatic carbocycles. The van der Waals surface area contributed by atoms with Crippen molar-refractivity contribution in [2.45, 2.75) is 6.42 Å². The molecule has 3 nitrogen and oxygen atoms in total. The summed E-state index contributed by atoms with van der Waals surface area (Å²) in [5.41, 5.74) is 9.01. The number of para-hydroxylation sites is 3. The minimum atomic E-state index is -1.38. The van der Waals surface area contributed by atoms with Crippen molar-refractivity contribution in [3.8, 4) is 11.1 Å². The molecule has 6 rings (SSSR count). The molecule has 35 heavy (non-hydrogen) atoms. The van der Waals surface area contributed by atoms with Gasteiger partial charge in [0, 0.05) is 17.1 Å². The Bertz CT molecular complexity index is 1300. The van der Waals surface area contributed by atoms with Gasteiger partial charge in [0.25, 0.3) is 0 Å². The highest BCUT2D eigenvalue weighted by Gasteiger charge is 2.20. The second-order valence-electron chi connectivity index (χ2n) is 8.47. The number of anilines is 3. The quantitative estimate of drug-likeness (QED) is 0.316. The molecule has 0 unspecified atom stereocenters. The first kappa shape index (κ1) is 22.7. The van der Waals surface area contributed by atoms with Gasteiger partial charge in [-0.1, -0.05) is 97.1 Å². The molecule has 0 bridgehead atoms. The van der Waals surface area contributed by atoms with Gasteiger partial charge in [-0.05, 0) is 70.5 Å². The van der Waals surface area contributed by atoms with Crippen LogP contribution in [0.1, 0.15) is 11.1 Å². The predicted octanol–water partition coefficient (Wildman–Crippen LogP) is 6.09. The van der Waals surface area contributed by atoms with Crippen molar-refractivity contribution in [1.29, 1.82) is 0 Å². The molecule has 1 aliphatic rings. The predicted molar refractivity (Wildman–Crippen MR) is 146 cm³/mol. The highest BCUT2D eigenvalue weighted by molar-refractivity contribution is 6.58. The molecule has 170 valence electrons. The summed E-state index contributed by atoms with van der Waals surface area (Å²) in [5, 5.41) is 18.3. The zero-order valence-corrected chi connectivity index (χ0v) is 19.3. The lowest BCUT2D eigenvalue weighted by atomic mass is 9.79. The van der Waals surface area contributed by atoms with Crippen molar-refractivity contribution in [1.82, 2.24) is 0 Å². The van der Waals surface area contributed by atoms with Gasteiger partial charge >= 0.3 is 7.12 Å². The van der Waals surface area contributed by atoms with E-state index >= 15 is 0 Å². The number of fused-ring (bicyclic) bond motifs is 3. The van der Waals surface area contributed by atoms with Gasteiger partial charge in [0.2, 0.25) is 0 Å². The van der Waals surface area contributed by atoms with Crippen molar-refractivity contribution < 1.29 is 10.0 Å². The maximum Gasteiger partial charge on any atom is 0.488 e. The Labute approximate surface area is 206 Å². The average Bonchev–Trinajstić information content (AvgIpc) is 3.29. The van der Waals surface area contributed by atoms with E-state index < -0.39 is 7.12 Å². The van der Waals surface area contributed by atoms with Crippen LogP contribution in [-0.4, -0.2) is 17.2 Å². The second-order valence-corrected chi connectivity index (χ2v) is 8.47. The first-order chi connectivity index (χ1) is 17.2. The van der Waals surface area contributed by atoms with Crippen LogP contribution in [0.3, 0.4) is 0 Å². The summed E-state index contributed by atoms with van der Waals surface area (Å²) >= 11 is 0. The van der Waals surface area contributed by atoms with E-state index in [1.54, 1.807) is 6.07 Å². The molecule has 0 fully saturated rings. The Morgan fingerprint density at radius 2 is 0.943 bits per heavy atom. The van der Waals surface area contributed by atoms with Crippen molar-refractivity contribution in [2.75, 3.05) is 4.90 Å². The Balaban J connectivity index is 0.000000147. The maximum atomic E-state index is 9.13. The maximum absolute atomic E-state index is 9.13. The van der Waals surface area contributed by atoms with E-state index in [1.165, 1.54) is 39.3 Å². The van der Waals surface area contributed by atoms with Gasteiger partial charge < -0.3 is 14.9 Å². The molecule has 0 radical (unpaired) electrons. The van der Waals surface area contributed by atoms with Crippen LogP contribution < -0.4 is 10.4 Å². The molecule has 0 saturated carbocycles. The summed E-state index contributed by atoms with van der Waals surface area (Å²) < 4.78 is 0. The van der Waals surface area contributed by atoms with Gasteiger partial charge in [0.05, 0.1) is 0 Å². The molecule has 5 aromatic rings. The van der Waals surface area contributed by atoms with Gasteiger partial charge in [0.1, 0.15) is 0 Å². The van der Waals surface area contributed by atoms with Crippen LogP contribution in [0.15, 0.2) is 133 Å². The molecular formula is C31H26BNO2. The van der Waals surface area contributed by atoms with Crippen LogP contribution in [0, 0.1) is 0 Å². The van der Waals surface area contributed by atoms with E-state index in [9.17, 15) is 0 Å². The van der Waals surface area contributed by atoms with Crippen LogP contribution in [0.2, 0.25) is 0 Å². The van der Waals surface area contributed by atoms with E-state index in [2.05, 4.69) is 89.8 Å². The third kappa shape index (κ3) is 5.04. The average molecular weight is 455 g/mol. The Kier molecular flexibility index (Phi) is 6.76. The molecule has 2 N–H and O–H groups in total. The molecule has 0 spiro atoms. The fourth-order valence-electron chi connectivity index (χ4n) is 4.50. The third-order valence-corrected chi connectivity index (χ3v) is 6.16. The number of nitrogens with zero attached hydrogens (tertiary/aromatic N) is 1. The lowest BCUT2D eigenvalue weighted by Gasteiger charge is -2.25. The number of benzene rings is 5. The highest BCUT2D eigenvalue weighted by atomic mass is 16.4. The van der Waals surface area contributed by atoms with Crippen molar-refractivity contribution in [3.63, 3.8) is 0 Å². The van der Waals surface area contributed by atoms with Crippen LogP contribution >= 0.6 is 0 Å². The number of rotatable bonds is 4. The second kappa shape index (κ2) is 10.4. The van der Waals surface area contributed by atoms with E-state index in [4.69, 9.17) is 10.0 Å². The third-order valence-electron chi connectivity index (χ3n) is 6.16. The first-order valence-electron chi connectivity index (χ1n) is 11.7. The zero-order chi connectivity index (χ0) is 24.0. The fourth-order valence-corrected chi connectivity index (χ4v) is 4.50. The molecule has 1 aliphatic carbocycles. The molecule has 4 heteroatoms. The topological polar surface area (TPSA) is 43.7 Å². The van der Waals surface area contributed by atoms with E-state index in [0.29, 0.717) is 5.46 Å². The van der Waals surface area contributed by atoms with Crippen LogP contribution in [0.5, 0.6) is 0 Å². The molecule has 0 aliphatic heterocycles. The zero-order valence-electron chi connectivity index (χ0n) is 19.3. The molecular weight excluding hydrogens is 429 g/mol. The van der Waals surface area contributed by atoms with Crippen LogP contribution in [-0.2, 0) is 6.42 Å². The smallest absolute Gasteiger partial charge is 0.423 e. The minimum absolute atomic E-state index is 0.562. The molecule has 0 amide bonds. The summed E-state index contributed by atoms with van der Waals surface area (Å²) in [4.78, 5) is 2.25. The number of hydrogen-bond donors (Lipinski definition) is 2. The van der Waals surface area contributed by atoms with E-state index in [0.717, 1.165) is 6.42 Å². The van der Waals surface area contributed by atoms with E-state index in [-0.39, 0.29) is 0 Å². The Morgan fingerprint density at radius 3 is 1.46 bits per heavy atom. The minimum Gasteiger partial charge on any atom is -0.423 e.